The molecule has 0 saturated heterocycles. The average molecular weight is 235 g/mol. The van der Waals surface area contributed by atoms with Gasteiger partial charge in [0.15, 0.2) is 5.01 Å². The monoisotopic (exact) mass is 235 g/mol. The first-order valence-corrected chi connectivity index (χ1v) is 5.13. The van der Waals surface area contributed by atoms with Crippen molar-refractivity contribution in [2.75, 3.05) is 6.54 Å². The van der Waals surface area contributed by atoms with E-state index in [4.69, 9.17) is 0 Å². The Morgan fingerprint density at radius 2 is 2.27 bits per heavy atom. The normalized spacial score (nSPS) is 21.3. The molecule has 1 aliphatic heterocycles. The number of nitrogens with zero attached hydrogens (tertiary/aromatic N) is 2. The zero-order valence-corrected chi connectivity index (χ0v) is 8.61. The Morgan fingerprint density at radius 3 is 2.73 bits per heavy atom. The summed E-state index contributed by atoms with van der Waals surface area (Å²) in [6, 6.07) is 0.177. The van der Waals surface area contributed by atoms with Crippen molar-refractivity contribution in [2.45, 2.75) is 19.1 Å². The summed E-state index contributed by atoms with van der Waals surface area (Å²) in [7, 11) is 0. The third kappa shape index (κ3) is 2.11. The number of aliphatic imine (C=N–C) groups is 1. The molecule has 0 bridgehead atoms. The number of hydrogen-bond donors (Lipinski definition) is 1. The molecule has 3 nitrogen and oxygen atoms in total. The standard InChI is InChI=1S/C8H8F3N3S/c1-4-2-12-6(14-4)5-3-13-7(15-5)8(9,10)11/h3-4H,2H2,1H3,(H,12,14). The highest BCUT2D eigenvalue weighted by Gasteiger charge is 2.35. The van der Waals surface area contributed by atoms with Gasteiger partial charge in [-0.2, -0.15) is 13.2 Å². The van der Waals surface area contributed by atoms with Gasteiger partial charge in [0.25, 0.3) is 0 Å². The molecule has 0 amide bonds. The van der Waals surface area contributed by atoms with Crippen LogP contribution in [0.2, 0.25) is 0 Å². The summed E-state index contributed by atoms with van der Waals surface area (Å²) in [5.41, 5.74) is 0. The molecule has 1 unspecified atom stereocenters. The number of hydrogen-bond acceptors (Lipinski definition) is 4. The average Bonchev–Trinajstić information content (AvgIpc) is 2.69. The molecule has 1 aromatic rings. The Labute approximate surface area is 88.1 Å². The second-order valence-corrected chi connectivity index (χ2v) is 4.29. The van der Waals surface area contributed by atoms with E-state index in [1.165, 1.54) is 6.20 Å². The highest BCUT2D eigenvalue weighted by molar-refractivity contribution is 7.13. The molecule has 82 valence electrons. The highest BCUT2D eigenvalue weighted by atomic mass is 32.1. The van der Waals surface area contributed by atoms with E-state index in [1.807, 2.05) is 6.92 Å². The fourth-order valence-electron chi connectivity index (χ4n) is 1.22. The minimum atomic E-state index is -4.37. The van der Waals surface area contributed by atoms with E-state index in [2.05, 4.69) is 15.3 Å². The molecule has 0 aliphatic carbocycles. The zero-order chi connectivity index (χ0) is 11.1. The molecule has 2 rings (SSSR count). The van der Waals surface area contributed by atoms with Gasteiger partial charge >= 0.3 is 6.18 Å². The lowest BCUT2D eigenvalue weighted by Crippen LogP contribution is -2.27. The van der Waals surface area contributed by atoms with Crippen LogP contribution in [0.5, 0.6) is 0 Å². The second-order valence-electron chi connectivity index (χ2n) is 3.26. The van der Waals surface area contributed by atoms with Gasteiger partial charge < -0.3 is 5.32 Å². The molecule has 1 aromatic heterocycles. The second kappa shape index (κ2) is 3.48. The Kier molecular flexibility index (Phi) is 2.41. The highest BCUT2D eigenvalue weighted by Crippen LogP contribution is 2.32. The van der Waals surface area contributed by atoms with E-state index in [1.54, 1.807) is 0 Å². The molecule has 15 heavy (non-hydrogen) atoms. The fourth-order valence-corrected chi connectivity index (χ4v) is 1.97. The van der Waals surface area contributed by atoms with Gasteiger partial charge in [0, 0.05) is 12.2 Å². The van der Waals surface area contributed by atoms with Gasteiger partial charge in [-0.3, -0.25) is 4.99 Å². The first kappa shape index (κ1) is 10.4. The summed E-state index contributed by atoms with van der Waals surface area (Å²) in [4.78, 5) is 7.86. The van der Waals surface area contributed by atoms with Crippen LogP contribution < -0.4 is 5.32 Å². The van der Waals surface area contributed by atoms with E-state index in [9.17, 15) is 13.2 Å². The third-order valence-electron chi connectivity index (χ3n) is 1.89. The number of amidine groups is 1. The van der Waals surface area contributed by atoms with Gasteiger partial charge in [-0.1, -0.05) is 0 Å². The molecule has 0 spiro atoms. The Hall–Kier alpha value is -1.11. The molecule has 0 saturated carbocycles. The summed E-state index contributed by atoms with van der Waals surface area (Å²) in [6.07, 6.45) is -3.16. The lowest BCUT2D eigenvalue weighted by molar-refractivity contribution is -0.137. The number of nitrogens with one attached hydrogen (secondary N) is 1. The quantitative estimate of drug-likeness (QED) is 0.807. The number of rotatable bonds is 1. The SMILES string of the molecule is CC1CN=C(c2cnc(C(F)(F)F)s2)N1. The predicted molar refractivity (Wildman–Crippen MR) is 51.1 cm³/mol. The van der Waals surface area contributed by atoms with Crippen LogP contribution in [0, 0.1) is 0 Å². The van der Waals surface area contributed by atoms with Crippen molar-refractivity contribution in [2.24, 2.45) is 4.99 Å². The van der Waals surface area contributed by atoms with Crippen molar-refractivity contribution < 1.29 is 13.2 Å². The first-order chi connectivity index (χ1) is 6.97. The van der Waals surface area contributed by atoms with Crippen molar-refractivity contribution in [3.63, 3.8) is 0 Å². The van der Waals surface area contributed by atoms with Crippen LogP contribution in [0.15, 0.2) is 11.2 Å². The number of halogens is 3. The summed E-state index contributed by atoms with van der Waals surface area (Å²) in [6.45, 7) is 2.51. The molecule has 0 aromatic carbocycles. The lowest BCUT2D eigenvalue weighted by atomic mass is 10.4. The van der Waals surface area contributed by atoms with E-state index < -0.39 is 11.2 Å². The number of thiazole rings is 1. The maximum absolute atomic E-state index is 12.3. The summed E-state index contributed by atoms with van der Waals surface area (Å²) in [5.74, 6) is 0.510. The minimum Gasteiger partial charge on any atom is -0.365 e. The van der Waals surface area contributed by atoms with Crippen LogP contribution in [0.25, 0.3) is 0 Å². The van der Waals surface area contributed by atoms with Crippen molar-refractivity contribution in [1.29, 1.82) is 0 Å². The fraction of sp³-hybridized carbons (Fsp3) is 0.500. The zero-order valence-electron chi connectivity index (χ0n) is 7.80. The van der Waals surface area contributed by atoms with Crippen LogP contribution in [-0.4, -0.2) is 23.4 Å². The van der Waals surface area contributed by atoms with Crippen LogP contribution in [0.3, 0.4) is 0 Å². The van der Waals surface area contributed by atoms with Gasteiger partial charge in [-0.15, -0.1) is 11.3 Å². The number of alkyl halides is 3. The van der Waals surface area contributed by atoms with Gasteiger partial charge in [0.2, 0.25) is 0 Å². The van der Waals surface area contributed by atoms with Crippen molar-refractivity contribution in [3.05, 3.63) is 16.1 Å². The van der Waals surface area contributed by atoms with Crippen LogP contribution in [-0.2, 0) is 6.18 Å². The Morgan fingerprint density at radius 1 is 1.53 bits per heavy atom. The topological polar surface area (TPSA) is 37.3 Å². The van der Waals surface area contributed by atoms with Gasteiger partial charge in [-0.05, 0) is 6.92 Å². The molecular formula is C8H8F3N3S. The first-order valence-electron chi connectivity index (χ1n) is 4.31. The molecule has 1 atom stereocenters. The summed E-state index contributed by atoms with van der Waals surface area (Å²) < 4.78 is 36.8. The summed E-state index contributed by atoms with van der Waals surface area (Å²) in [5, 5.41) is 2.16. The van der Waals surface area contributed by atoms with Crippen molar-refractivity contribution in [3.8, 4) is 0 Å². The molecule has 0 radical (unpaired) electrons. The van der Waals surface area contributed by atoms with Crippen LogP contribution in [0.1, 0.15) is 16.8 Å². The summed E-state index contributed by atoms with van der Waals surface area (Å²) >= 11 is 0.610. The van der Waals surface area contributed by atoms with Crippen molar-refractivity contribution >= 4 is 17.2 Å². The Bertz CT molecular complexity index is 396. The molecule has 1 N–H and O–H groups in total. The van der Waals surface area contributed by atoms with E-state index in [0.717, 1.165) is 0 Å². The van der Waals surface area contributed by atoms with Gasteiger partial charge in [-0.25, -0.2) is 4.98 Å². The molecule has 0 fully saturated rings. The van der Waals surface area contributed by atoms with E-state index in [-0.39, 0.29) is 6.04 Å². The minimum absolute atomic E-state index is 0.177. The predicted octanol–water partition coefficient (Wildman–Crippen LogP) is 1.90. The van der Waals surface area contributed by atoms with Crippen molar-refractivity contribution in [1.82, 2.24) is 10.3 Å². The molecule has 1 aliphatic rings. The van der Waals surface area contributed by atoms with E-state index in [0.29, 0.717) is 28.6 Å². The molecular weight excluding hydrogens is 227 g/mol. The van der Waals surface area contributed by atoms with Gasteiger partial charge in [0.05, 0.1) is 11.4 Å². The maximum atomic E-state index is 12.3. The smallest absolute Gasteiger partial charge is 0.365 e. The molecule has 2 heterocycles. The third-order valence-corrected chi connectivity index (χ3v) is 2.94. The van der Waals surface area contributed by atoms with Crippen LogP contribution >= 0.6 is 11.3 Å². The lowest BCUT2D eigenvalue weighted by Gasteiger charge is -2.02. The Balaban J connectivity index is 2.21. The maximum Gasteiger partial charge on any atom is 0.443 e. The van der Waals surface area contributed by atoms with Crippen LogP contribution in [0.4, 0.5) is 13.2 Å². The van der Waals surface area contributed by atoms with E-state index >= 15 is 0 Å². The largest absolute Gasteiger partial charge is 0.443 e. The molecule has 7 heteroatoms. The van der Waals surface area contributed by atoms with Gasteiger partial charge in [0.1, 0.15) is 5.84 Å². The number of aromatic nitrogens is 1.